The molecule has 9 heteroatoms. The first kappa shape index (κ1) is 15.4. The number of nitrogens with zero attached hydrogens (tertiary/aromatic N) is 2. The number of aromatic nitrogens is 2. The van der Waals surface area contributed by atoms with E-state index in [0.717, 1.165) is 4.47 Å². The Kier molecular flexibility index (Phi) is 5.16. The number of carbonyl (C=O) groups is 1. The molecule has 0 aliphatic heterocycles. The predicted molar refractivity (Wildman–Crippen MR) is 89.9 cm³/mol. The van der Waals surface area contributed by atoms with Crippen molar-refractivity contribution in [3.8, 4) is 5.75 Å². The zero-order valence-electron chi connectivity index (χ0n) is 9.69. The number of phenolic OH excluding ortho intramolecular Hbond substituents is 1. The second-order valence-corrected chi connectivity index (χ2v) is 6.55. The molecule has 1 aromatic heterocycles. The molecular weight excluding hydrogens is 507 g/mol. The molecule has 1 heterocycles. The molecular formula is C11H7Br2IN4O2. The van der Waals surface area contributed by atoms with Gasteiger partial charge in [-0.3, -0.25) is 9.89 Å². The molecule has 0 spiro atoms. The first-order valence-corrected chi connectivity index (χ1v) is 7.86. The Morgan fingerprint density at radius 1 is 1.50 bits per heavy atom. The van der Waals surface area contributed by atoms with Crippen LogP contribution in [0.15, 0.2) is 32.4 Å². The average Bonchev–Trinajstić information content (AvgIpc) is 2.81. The van der Waals surface area contributed by atoms with Gasteiger partial charge in [0, 0.05) is 10.0 Å². The number of aromatic amines is 1. The number of H-pyrrole nitrogens is 1. The number of benzene rings is 1. The van der Waals surface area contributed by atoms with E-state index >= 15 is 0 Å². The van der Waals surface area contributed by atoms with Crippen LogP contribution in [0.25, 0.3) is 0 Å². The van der Waals surface area contributed by atoms with Crippen molar-refractivity contribution in [1.82, 2.24) is 15.6 Å². The van der Waals surface area contributed by atoms with Crippen molar-refractivity contribution in [2.75, 3.05) is 0 Å². The average molecular weight is 514 g/mol. The molecule has 20 heavy (non-hydrogen) atoms. The molecule has 0 unspecified atom stereocenters. The van der Waals surface area contributed by atoms with Crippen LogP contribution in [0.1, 0.15) is 16.1 Å². The van der Waals surface area contributed by atoms with Gasteiger partial charge in [-0.1, -0.05) is 15.9 Å². The molecule has 1 aromatic carbocycles. The maximum atomic E-state index is 11.8. The summed E-state index contributed by atoms with van der Waals surface area (Å²) >= 11 is 8.51. The van der Waals surface area contributed by atoms with Crippen LogP contribution in [0.5, 0.6) is 5.75 Å². The van der Waals surface area contributed by atoms with E-state index in [2.05, 4.69) is 52.6 Å². The lowest BCUT2D eigenvalue weighted by Crippen LogP contribution is -2.19. The maximum absolute atomic E-state index is 11.8. The van der Waals surface area contributed by atoms with Crippen molar-refractivity contribution < 1.29 is 9.90 Å². The molecule has 0 saturated heterocycles. The van der Waals surface area contributed by atoms with E-state index in [0.29, 0.717) is 19.3 Å². The standard InChI is InChI=1S/C11H7Br2IN4O2/c12-6-1-5(10(19)7(13)2-6)3-15-18-11(20)9-8(14)4-16-17-9/h1-4,19H,(H,16,17)(H,18,20)/b15-3+. The fraction of sp³-hybridized carbons (Fsp3) is 0. The van der Waals surface area contributed by atoms with Crippen LogP contribution in [0, 0.1) is 3.57 Å². The van der Waals surface area contributed by atoms with Crippen LogP contribution in [0.3, 0.4) is 0 Å². The highest BCUT2D eigenvalue weighted by atomic mass is 127. The van der Waals surface area contributed by atoms with Gasteiger partial charge in [-0.2, -0.15) is 10.2 Å². The van der Waals surface area contributed by atoms with Crippen LogP contribution in [0.2, 0.25) is 0 Å². The van der Waals surface area contributed by atoms with Gasteiger partial charge in [0.25, 0.3) is 5.91 Å². The summed E-state index contributed by atoms with van der Waals surface area (Å²) in [7, 11) is 0. The monoisotopic (exact) mass is 512 g/mol. The van der Waals surface area contributed by atoms with Gasteiger partial charge in [0.2, 0.25) is 0 Å². The maximum Gasteiger partial charge on any atom is 0.290 e. The highest BCUT2D eigenvalue weighted by molar-refractivity contribution is 14.1. The number of halogens is 3. The lowest BCUT2D eigenvalue weighted by Gasteiger charge is -2.03. The topological polar surface area (TPSA) is 90.4 Å². The molecule has 0 radical (unpaired) electrons. The summed E-state index contributed by atoms with van der Waals surface area (Å²) < 4.78 is 2.00. The van der Waals surface area contributed by atoms with E-state index < -0.39 is 5.91 Å². The SMILES string of the molecule is O=C(N/N=C/c1cc(Br)cc(Br)c1O)c1[nH]ncc1I. The van der Waals surface area contributed by atoms with Crippen molar-refractivity contribution in [2.45, 2.75) is 0 Å². The molecule has 0 atom stereocenters. The Hall–Kier alpha value is -0.940. The van der Waals surface area contributed by atoms with Crippen molar-refractivity contribution in [3.63, 3.8) is 0 Å². The van der Waals surface area contributed by atoms with E-state index in [9.17, 15) is 9.90 Å². The highest BCUT2D eigenvalue weighted by Crippen LogP contribution is 2.30. The minimum absolute atomic E-state index is 0.0438. The Morgan fingerprint density at radius 2 is 2.25 bits per heavy atom. The number of hydrogen-bond donors (Lipinski definition) is 3. The molecule has 3 N–H and O–H groups in total. The van der Waals surface area contributed by atoms with Crippen molar-refractivity contribution in [2.24, 2.45) is 5.10 Å². The van der Waals surface area contributed by atoms with Crippen LogP contribution >= 0.6 is 54.5 Å². The van der Waals surface area contributed by atoms with Crippen molar-refractivity contribution in [1.29, 1.82) is 0 Å². The van der Waals surface area contributed by atoms with Gasteiger partial charge in [-0.05, 0) is 50.7 Å². The van der Waals surface area contributed by atoms with Crippen LogP contribution < -0.4 is 5.43 Å². The molecule has 0 aliphatic rings. The number of nitrogens with one attached hydrogen (secondary N) is 2. The Balaban J connectivity index is 2.11. The molecule has 0 bridgehead atoms. The third-order valence-corrected chi connectivity index (χ3v) is 4.13. The lowest BCUT2D eigenvalue weighted by atomic mass is 10.2. The van der Waals surface area contributed by atoms with Gasteiger partial charge < -0.3 is 5.11 Å². The lowest BCUT2D eigenvalue weighted by molar-refractivity contribution is 0.0949. The second-order valence-electron chi connectivity index (χ2n) is 3.62. The summed E-state index contributed by atoms with van der Waals surface area (Å²) in [6.45, 7) is 0. The number of rotatable bonds is 3. The summed E-state index contributed by atoms with van der Waals surface area (Å²) in [5.74, 6) is -0.362. The minimum Gasteiger partial charge on any atom is -0.506 e. The number of hydrogen-bond acceptors (Lipinski definition) is 4. The first-order valence-electron chi connectivity index (χ1n) is 5.19. The quantitative estimate of drug-likeness (QED) is 0.335. The zero-order chi connectivity index (χ0) is 14.7. The molecule has 6 nitrogen and oxygen atoms in total. The minimum atomic E-state index is -0.406. The summed E-state index contributed by atoms with van der Waals surface area (Å²) in [6, 6.07) is 3.38. The number of amides is 1. The summed E-state index contributed by atoms with van der Waals surface area (Å²) in [5.41, 5.74) is 3.15. The Bertz CT molecular complexity index is 687. The van der Waals surface area contributed by atoms with Crippen molar-refractivity contribution >= 4 is 66.6 Å². The van der Waals surface area contributed by atoms with Gasteiger partial charge in [0.15, 0.2) is 0 Å². The van der Waals surface area contributed by atoms with Crippen molar-refractivity contribution in [3.05, 3.63) is 42.1 Å². The number of carbonyl (C=O) groups excluding carboxylic acids is 1. The van der Waals surface area contributed by atoms with E-state index in [1.807, 2.05) is 22.6 Å². The highest BCUT2D eigenvalue weighted by Gasteiger charge is 2.11. The molecule has 1 amide bonds. The Labute approximate surface area is 144 Å². The number of aromatic hydroxyl groups is 1. The molecule has 0 fully saturated rings. The Morgan fingerprint density at radius 3 is 2.90 bits per heavy atom. The van der Waals surface area contributed by atoms with Crippen LogP contribution in [0.4, 0.5) is 0 Å². The summed E-state index contributed by atoms with van der Waals surface area (Å²) in [6.07, 6.45) is 2.89. The van der Waals surface area contributed by atoms with Gasteiger partial charge in [0.05, 0.1) is 20.5 Å². The van der Waals surface area contributed by atoms with Gasteiger partial charge in [-0.15, -0.1) is 0 Å². The third-order valence-electron chi connectivity index (χ3n) is 2.25. The first-order chi connectivity index (χ1) is 9.49. The summed E-state index contributed by atoms with van der Waals surface area (Å²) in [4.78, 5) is 11.8. The molecule has 2 aromatic rings. The zero-order valence-corrected chi connectivity index (χ0v) is 15.0. The van der Waals surface area contributed by atoms with E-state index in [1.165, 1.54) is 12.4 Å². The molecule has 0 saturated carbocycles. The fourth-order valence-corrected chi connectivity index (χ4v) is 3.09. The third kappa shape index (κ3) is 3.58. The largest absolute Gasteiger partial charge is 0.506 e. The fourth-order valence-electron chi connectivity index (χ4n) is 1.33. The van der Waals surface area contributed by atoms with Gasteiger partial charge >= 0.3 is 0 Å². The predicted octanol–water partition coefficient (Wildman–Crippen LogP) is 3.01. The smallest absolute Gasteiger partial charge is 0.290 e. The van der Waals surface area contributed by atoms with Crippen LogP contribution in [-0.2, 0) is 0 Å². The van der Waals surface area contributed by atoms with Gasteiger partial charge in [0.1, 0.15) is 11.4 Å². The van der Waals surface area contributed by atoms with E-state index in [1.54, 1.807) is 12.1 Å². The second kappa shape index (κ2) is 6.68. The molecule has 2 rings (SSSR count). The van der Waals surface area contributed by atoms with Crippen LogP contribution in [-0.4, -0.2) is 27.4 Å². The van der Waals surface area contributed by atoms with E-state index in [-0.39, 0.29) is 5.75 Å². The number of phenols is 1. The summed E-state index contributed by atoms with van der Waals surface area (Å²) in [5, 5.41) is 20.0. The number of hydrazone groups is 1. The van der Waals surface area contributed by atoms with E-state index in [4.69, 9.17) is 0 Å². The normalized spacial score (nSPS) is 10.9. The molecule has 0 aliphatic carbocycles. The molecule has 104 valence electrons. The van der Waals surface area contributed by atoms with Gasteiger partial charge in [-0.25, -0.2) is 5.43 Å².